The number of esters is 1. The van der Waals surface area contributed by atoms with E-state index in [-0.39, 0.29) is 17.4 Å². The first-order valence-corrected chi connectivity index (χ1v) is 7.87. The summed E-state index contributed by atoms with van der Waals surface area (Å²) in [6.07, 6.45) is 4.35. The van der Waals surface area contributed by atoms with Crippen LogP contribution in [-0.2, 0) is 9.53 Å². The highest BCUT2D eigenvalue weighted by molar-refractivity contribution is 5.96. The molecule has 0 spiro atoms. The van der Waals surface area contributed by atoms with Gasteiger partial charge in [-0.1, -0.05) is 34.6 Å². The summed E-state index contributed by atoms with van der Waals surface area (Å²) in [4.78, 5) is 16.9. The van der Waals surface area contributed by atoms with Crippen LogP contribution < -0.4 is 0 Å². The molecule has 0 aromatic heterocycles. The molecular weight excluding hydrogens is 250 g/mol. The Morgan fingerprint density at radius 2 is 2.05 bits per heavy atom. The third kappa shape index (κ3) is 2.29. The summed E-state index contributed by atoms with van der Waals surface area (Å²) >= 11 is 0. The second-order valence-electron chi connectivity index (χ2n) is 7.74. The fourth-order valence-corrected chi connectivity index (χ4v) is 4.10. The van der Waals surface area contributed by atoms with E-state index in [1.807, 2.05) is 0 Å². The summed E-state index contributed by atoms with van der Waals surface area (Å²) in [7, 11) is 1.46. The van der Waals surface area contributed by atoms with Crippen LogP contribution in [0, 0.1) is 22.7 Å². The summed E-state index contributed by atoms with van der Waals surface area (Å²) in [5.74, 6) is 0.988. The predicted octanol–water partition coefficient (Wildman–Crippen LogP) is 3.86. The highest BCUT2D eigenvalue weighted by Gasteiger charge is 2.59. The molecule has 0 amide bonds. The van der Waals surface area contributed by atoms with E-state index in [0.717, 1.165) is 18.8 Å². The average Bonchev–Trinajstić information content (AvgIpc) is 2.69. The lowest BCUT2D eigenvalue weighted by Crippen LogP contribution is -2.34. The Labute approximate surface area is 123 Å². The van der Waals surface area contributed by atoms with Crippen LogP contribution in [-0.4, -0.2) is 24.8 Å². The number of aliphatic imine (C=N–C) groups is 1. The molecule has 3 atom stereocenters. The van der Waals surface area contributed by atoms with Crippen molar-refractivity contribution in [3.05, 3.63) is 0 Å². The molecule has 0 aromatic carbocycles. The van der Waals surface area contributed by atoms with Gasteiger partial charge >= 0.3 is 5.97 Å². The van der Waals surface area contributed by atoms with Gasteiger partial charge in [0.15, 0.2) is 0 Å². The number of ether oxygens (including phenoxy) is 1. The van der Waals surface area contributed by atoms with Crippen molar-refractivity contribution >= 4 is 11.7 Å². The normalized spacial score (nSPS) is 34.8. The lowest BCUT2D eigenvalue weighted by Gasteiger charge is -2.35. The smallest absolute Gasteiger partial charge is 0.330 e. The second-order valence-corrected chi connectivity index (χ2v) is 7.74. The predicted molar refractivity (Wildman–Crippen MR) is 81.9 cm³/mol. The van der Waals surface area contributed by atoms with E-state index in [2.05, 4.69) is 34.6 Å². The van der Waals surface area contributed by atoms with Crippen LogP contribution in [0.3, 0.4) is 0 Å². The molecule has 20 heavy (non-hydrogen) atoms. The summed E-state index contributed by atoms with van der Waals surface area (Å²) in [6.45, 7) is 11.3. The van der Waals surface area contributed by atoms with Gasteiger partial charge < -0.3 is 4.74 Å². The van der Waals surface area contributed by atoms with Gasteiger partial charge in [0.1, 0.15) is 6.04 Å². The maximum absolute atomic E-state index is 12.0. The topological polar surface area (TPSA) is 38.7 Å². The van der Waals surface area contributed by atoms with Crippen molar-refractivity contribution in [3.63, 3.8) is 0 Å². The average molecular weight is 279 g/mol. The number of rotatable bonds is 4. The quantitative estimate of drug-likeness (QED) is 0.733. The molecule has 2 saturated carbocycles. The molecule has 0 N–H and O–H groups in total. The third-order valence-electron chi connectivity index (χ3n) is 5.99. The van der Waals surface area contributed by atoms with Crippen LogP contribution in [0.2, 0.25) is 0 Å². The maximum atomic E-state index is 12.0. The summed E-state index contributed by atoms with van der Waals surface area (Å²) in [5.41, 5.74) is 1.74. The zero-order valence-corrected chi connectivity index (χ0v) is 13.8. The van der Waals surface area contributed by atoms with Gasteiger partial charge in [-0.25, -0.2) is 4.79 Å². The second kappa shape index (κ2) is 5.16. The fraction of sp³-hybridized carbons (Fsp3) is 0.882. The van der Waals surface area contributed by atoms with Gasteiger partial charge in [-0.05, 0) is 42.9 Å². The highest BCUT2D eigenvalue weighted by Crippen LogP contribution is 2.64. The first-order valence-electron chi connectivity index (χ1n) is 7.87. The SMILES string of the molecule is COC(=O)[C@H](CC(C)C)N=C1C[C@H]2CC[C@]1(C)C2(C)C. The van der Waals surface area contributed by atoms with Gasteiger partial charge in [0.05, 0.1) is 7.11 Å². The Kier molecular flexibility index (Phi) is 4.01. The molecule has 0 aliphatic heterocycles. The molecule has 0 unspecified atom stereocenters. The van der Waals surface area contributed by atoms with Gasteiger partial charge in [-0.2, -0.15) is 0 Å². The van der Waals surface area contributed by atoms with E-state index in [4.69, 9.17) is 9.73 Å². The minimum absolute atomic E-state index is 0.168. The van der Waals surface area contributed by atoms with Gasteiger partial charge in [-0.15, -0.1) is 0 Å². The van der Waals surface area contributed by atoms with E-state index in [9.17, 15) is 4.79 Å². The van der Waals surface area contributed by atoms with Crippen LogP contribution in [0.25, 0.3) is 0 Å². The largest absolute Gasteiger partial charge is 0.467 e. The van der Waals surface area contributed by atoms with Crippen molar-refractivity contribution in [2.45, 2.75) is 66.3 Å². The maximum Gasteiger partial charge on any atom is 0.330 e. The number of hydrogen-bond donors (Lipinski definition) is 0. The van der Waals surface area contributed by atoms with E-state index < -0.39 is 0 Å². The first-order chi connectivity index (χ1) is 9.22. The van der Waals surface area contributed by atoms with Crippen molar-refractivity contribution in [2.24, 2.45) is 27.7 Å². The van der Waals surface area contributed by atoms with Crippen LogP contribution in [0.15, 0.2) is 4.99 Å². The zero-order chi connectivity index (χ0) is 15.1. The minimum Gasteiger partial charge on any atom is -0.467 e. The number of nitrogens with zero attached hydrogens (tertiary/aromatic N) is 1. The standard InChI is InChI=1S/C17H29NO2/c1-11(2)9-13(15(19)20-6)18-14-10-12-7-8-17(14,5)16(12,3)4/h11-13H,7-10H2,1-6H3/t12-,13+,17+/m1/s1. The van der Waals surface area contributed by atoms with Crippen LogP contribution in [0.1, 0.15) is 60.3 Å². The van der Waals surface area contributed by atoms with Gasteiger partial charge in [0, 0.05) is 11.1 Å². The lowest BCUT2D eigenvalue weighted by atomic mass is 9.70. The molecule has 0 saturated heterocycles. The molecule has 2 aliphatic rings. The Morgan fingerprint density at radius 3 is 2.45 bits per heavy atom. The molecule has 2 fully saturated rings. The molecule has 2 rings (SSSR count). The number of carbonyl (C=O) groups is 1. The van der Waals surface area contributed by atoms with E-state index in [1.54, 1.807) is 0 Å². The van der Waals surface area contributed by atoms with E-state index in [0.29, 0.717) is 11.3 Å². The Hall–Kier alpha value is -0.860. The Balaban J connectivity index is 2.27. The molecule has 3 heteroatoms. The number of carbonyl (C=O) groups excluding carboxylic acids is 1. The van der Waals surface area contributed by atoms with Crippen LogP contribution in [0.5, 0.6) is 0 Å². The van der Waals surface area contributed by atoms with E-state index in [1.165, 1.54) is 25.7 Å². The number of hydrogen-bond acceptors (Lipinski definition) is 3. The summed E-state index contributed by atoms with van der Waals surface area (Å²) in [6, 6.07) is -0.318. The molecule has 114 valence electrons. The fourth-order valence-electron chi connectivity index (χ4n) is 4.10. The Morgan fingerprint density at radius 1 is 1.40 bits per heavy atom. The van der Waals surface area contributed by atoms with Crippen molar-refractivity contribution in [1.29, 1.82) is 0 Å². The molecule has 0 heterocycles. The number of fused-ring (bicyclic) bond motifs is 2. The van der Waals surface area contributed by atoms with Crippen LogP contribution in [0.4, 0.5) is 0 Å². The zero-order valence-electron chi connectivity index (χ0n) is 13.8. The molecular formula is C17H29NO2. The first kappa shape index (κ1) is 15.5. The minimum atomic E-state index is -0.318. The Bertz CT molecular complexity index is 425. The van der Waals surface area contributed by atoms with Crippen molar-refractivity contribution in [2.75, 3.05) is 7.11 Å². The van der Waals surface area contributed by atoms with E-state index >= 15 is 0 Å². The molecule has 2 aliphatic carbocycles. The van der Waals surface area contributed by atoms with Crippen molar-refractivity contribution in [3.8, 4) is 0 Å². The molecule has 0 aromatic rings. The van der Waals surface area contributed by atoms with Gasteiger partial charge in [0.25, 0.3) is 0 Å². The van der Waals surface area contributed by atoms with Gasteiger partial charge in [-0.3, -0.25) is 4.99 Å². The monoisotopic (exact) mass is 279 g/mol. The number of methoxy groups -OCH3 is 1. The summed E-state index contributed by atoms with van der Waals surface area (Å²) in [5, 5.41) is 0. The molecule has 0 radical (unpaired) electrons. The molecule has 3 nitrogen and oxygen atoms in total. The van der Waals surface area contributed by atoms with Crippen molar-refractivity contribution in [1.82, 2.24) is 0 Å². The third-order valence-corrected chi connectivity index (χ3v) is 5.99. The lowest BCUT2D eigenvalue weighted by molar-refractivity contribution is -0.142. The summed E-state index contributed by atoms with van der Waals surface area (Å²) < 4.78 is 4.94. The van der Waals surface area contributed by atoms with Gasteiger partial charge in [0.2, 0.25) is 0 Å². The highest BCUT2D eigenvalue weighted by atomic mass is 16.5. The molecule has 2 bridgehead atoms. The van der Waals surface area contributed by atoms with Crippen molar-refractivity contribution < 1.29 is 9.53 Å². The van der Waals surface area contributed by atoms with Crippen LogP contribution >= 0.6 is 0 Å².